The average molecular weight is 426 g/mol. The number of nitro groups is 1. The third-order valence-corrected chi connectivity index (χ3v) is 4.58. The number of benzene rings is 2. The summed E-state index contributed by atoms with van der Waals surface area (Å²) in [6, 6.07) is 11.0. The van der Waals surface area contributed by atoms with Crippen molar-refractivity contribution >= 4 is 33.8 Å². The van der Waals surface area contributed by atoms with Crippen LogP contribution in [-0.4, -0.2) is 52.9 Å². The van der Waals surface area contributed by atoms with E-state index < -0.39 is 4.92 Å². The number of nitro benzene ring substituents is 1. The Morgan fingerprint density at radius 3 is 2.71 bits per heavy atom. The first-order valence-corrected chi connectivity index (χ1v) is 10.0. The zero-order valence-corrected chi connectivity index (χ0v) is 17.3. The van der Waals surface area contributed by atoms with Gasteiger partial charge in [0.25, 0.3) is 5.69 Å². The molecule has 10 heteroatoms. The van der Waals surface area contributed by atoms with E-state index in [-0.39, 0.29) is 12.3 Å². The van der Waals surface area contributed by atoms with Crippen LogP contribution in [-0.2, 0) is 11.3 Å². The van der Waals surface area contributed by atoms with Crippen molar-refractivity contribution < 1.29 is 14.8 Å². The van der Waals surface area contributed by atoms with E-state index in [2.05, 4.69) is 25.9 Å². The van der Waals surface area contributed by atoms with Crippen LogP contribution in [0.25, 0.3) is 10.9 Å². The number of hydrogen-bond acceptors (Lipinski definition) is 9. The summed E-state index contributed by atoms with van der Waals surface area (Å²) >= 11 is 0. The van der Waals surface area contributed by atoms with Crippen LogP contribution in [0.5, 0.6) is 0 Å². The van der Waals surface area contributed by atoms with Crippen molar-refractivity contribution in [2.24, 2.45) is 0 Å². The Kier molecular flexibility index (Phi) is 7.91. The summed E-state index contributed by atoms with van der Waals surface area (Å²) in [5.74, 6) is 0.525. The maximum Gasteiger partial charge on any atom is 0.293 e. The zero-order chi connectivity index (χ0) is 22.1. The Hall–Kier alpha value is -3.50. The molecular formula is C21H26N6O4. The fourth-order valence-corrected chi connectivity index (χ4v) is 3.17. The molecule has 0 aliphatic rings. The lowest BCUT2D eigenvalue weighted by molar-refractivity contribution is -0.383. The molecule has 1 heterocycles. The smallest absolute Gasteiger partial charge is 0.293 e. The molecule has 0 radical (unpaired) electrons. The van der Waals surface area contributed by atoms with E-state index in [0.717, 1.165) is 11.3 Å². The van der Waals surface area contributed by atoms with Gasteiger partial charge >= 0.3 is 0 Å². The lowest BCUT2D eigenvalue weighted by Gasteiger charge is -2.14. The summed E-state index contributed by atoms with van der Waals surface area (Å²) in [6.45, 7) is 4.32. The number of rotatable bonds is 12. The number of fused-ring (bicyclic) bond motifs is 1. The molecule has 3 aromatic rings. The van der Waals surface area contributed by atoms with Crippen LogP contribution in [0, 0.1) is 10.1 Å². The number of aliphatic hydroxyl groups excluding tert-OH is 1. The first kappa shape index (κ1) is 22.2. The number of para-hydroxylation sites is 1. The van der Waals surface area contributed by atoms with Gasteiger partial charge in [-0.15, -0.1) is 0 Å². The van der Waals surface area contributed by atoms with Crippen LogP contribution >= 0.6 is 0 Å². The normalized spacial score (nSPS) is 10.8. The molecule has 3 rings (SSSR count). The van der Waals surface area contributed by atoms with Gasteiger partial charge in [-0.1, -0.05) is 18.2 Å². The Morgan fingerprint density at radius 2 is 1.94 bits per heavy atom. The van der Waals surface area contributed by atoms with Gasteiger partial charge in [0, 0.05) is 36.8 Å². The van der Waals surface area contributed by atoms with E-state index in [0.29, 0.717) is 55.3 Å². The largest absolute Gasteiger partial charge is 0.394 e. The van der Waals surface area contributed by atoms with Gasteiger partial charge in [0.2, 0.25) is 0 Å². The second-order valence-electron chi connectivity index (χ2n) is 6.67. The molecule has 0 atom stereocenters. The predicted molar refractivity (Wildman–Crippen MR) is 121 cm³/mol. The molecule has 0 saturated carbocycles. The number of ether oxygens (including phenoxy) is 1. The van der Waals surface area contributed by atoms with Crippen molar-refractivity contribution in [3.05, 3.63) is 58.4 Å². The van der Waals surface area contributed by atoms with Gasteiger partial charge in [-0.2, -0.15) is 0 Å². The number of aromatic nitrogens is 2. The third kappa shape index (κ3) is 5.77. The van der Waals surface area contributed by atoms with E-state index in [1.165, 1.54) is 12.4 Å². The maximum atomic E-state index is 11.5. The molecule has 10 nitrogen and oxygen atoms in total. The van der Waals surface area contributed by atoms with Crippen LogP contribution in [0.15, 0.2) is 42.7 Å². The Morgan fingerprint density at radius 1 is 1.10 bits per heavy atom. The van der Waals surface area contributed by atoms with Crippen LogP contribution in [0.2, 0.25) is 0 Å². The minimum atomic E-state index is -0.410. The molecule has 164 valence electrons. The van der Waals surface area contributed by atoms with E-state index >= 15 is 0 Å². The highest BCUT2D eigenvalue weighted by atomic mass is 16.6. The highest BCUT2D eigenvalue weighted by Crippen LogP contribution is 2.32. The Balaban J connectivity index is 1.78. The van der Waals surface area contributed by atoms with Crippen LogP contribution in [0.4, 0.5) is 22.9 Å². The SMILES string of the molecule is CCNc1cc2ncnc(NCc3ccccc3NCCOCCO)c2cc1[N+](=O)[O-]. The van der Waals surface area contributed by atoms with Crippen molar-refractivity contribution in [3.8, 4) is 0 Å². The van der Waals surface area contributed by atoms with E-state index in [4.69, 9.17) is 9.84 Å². The van der Waals surface area contributed by atoms with Crippen molar-refractivity contribution in [2.75, 3.05) is 48.9 Å². The number of nitrogens with one attached hydrogen (secondary N) is 3. The van der Waals surface area contributed by atoms with Crippen molar-refractivity contribution in [2.45, 2.75) is 13.5 Å². The van der Waals surface area contributed by atoms with Crippen LogP contribution in [0.1, 0.15) is 12.5 Å². The minimum Gasteiger partial charge on any atom is -0.394 e. The van der Waals surface area contributed by atoms with Gasteiger partial charge in [-0.3, -0.25) is 10.1 Å². The predicted octanol–water partition coefficient (Wildman–Crippen LogP) is 3.00. The van der Waals surface area contributed by atoms with E-state index in [9.17, 15) is 10.1 Å². The van der Waals surface area contributed by atoms with Gasteiger partial charge in [0.1, 0.15) is 17.8 Å². The molecule has 0 amide bonds. The first-order chi connectivity index (χ1) is 15.1. The molecule has 1 aromatic heterocycles. The highest BCUT2D eigenvalue weighted by Gasteiger charge is 2.17. The summed E-state index contributed by atoms with van der Waals surface area (Å²) in [5.41, 5.74) is 2.99. The summed E-state index contributed by atoms with van der Waals surface area (Å²) in [7, 11) is 0. The summed E-state index contributed by atoms with van der Waals surface area (Å²) in [5, 5.41) is 30.5. The molecule has 0 spiro atoms. The first-order valence-electron chi connectivity index (χ1n) is 10.0. The monoisotopic (exact) mass is 426 g/mol. The molecule has 0 aliphatic carbocycles. The summed E-state index contributed by atoms with van der Waals surface area (Å²) < 4.78 is 5.27. The van der Waals surface area contributed by atoms with Crippen LogP contribution < -0.4 is 16.0 Å². The lowest BCUT2D eigenvalue weighted by atomic mass is 10.1. The fourth-order valence-electron chi connectivity index (χ4n) is 3.17. The van der Waals surface area contributed by atoms with E-state index in [1.54, 1.807) is 6.07 Å². The van der Waals surface area contributed by atoms with Gasteiger partial charge in [0.05, 0.1) is 30.3 Å². The standard InChI is InChI=1S/C21H26N6O4/c1-2-22-19-12-18-16(11-20(19)27(29)30)21(26-14-25-18)24-13-15-5-3-4-6-17(15)23-7-9-31-10-8-28/h3-6,11-12,14,22-23,28H,2,7-10,13H2,1H3,(H,24,25,26). The number of hydrogen-bond donors (Lipinski definition) is 4. The second-order valence-corrected chi connectivity index (χ2v) is 6.67. The van der Waals surface area contributed by atoms with Gasteiger partial charge < -0.3 is 25.8 Å². The average Bonchev–Trinajstić information content (AvgIpc) is 2.77. The molecule has 4 N–H and O–H groups in total. The Bertz CT molecular complexity index is 1030. The number of aliphatic hydroxyl groups is 1. The maximum absolute atomic E-state index is 11.5. The second kappa shape index (κ2) is 11.0. The Labute approximate surface area is 179 Å². The molecule has 31 heavy (non-hydrogen) atoms. The highest BCUT2D eigenvalue weighted by molar-refractivity contribution is 5.94. The molecule has 0 aliphatic heterocycles. The molecular weight excluding hydrogens is 400 g/mol. The zero-order valence-electron chi connectivity index (χ0n) is 17.3. The molecule has 0 bridgehead atoms. The topological polar surface area (TPSA) is 134 Å². The van der Waals surface area contributed by atoms with Crippen molar-refractivity contribution in [1.82, 2.24) is 9.97 Å². The number of nitrogens with zero attached hydrogens (tertiary/aromatic N) is 3. The van der Waals surface area contributed by atoms with Crippen molar-refractivity contribution in [1.29, 1.82) is 0 Å². The molecule has 2 aromatic carbocycles. The molecule has 0 fully saturated rings. The summed E-state index contributed by atoms with van der Waals surface area (Å²) in [6.07, 6.45) is 1.44. The summed E-state index contributed by atoms with van der Waals surface area (Å²) in [4.78, 5) is 19.7. The molecule has 0 unspecified atom stereocenters. The fraction of sp³-hybridized carbons (Fsp3) is 0.333. The van der Waals surface area contributed by atoms with E-state index in [1.807, 2.05) is 31.2 Å². The van der Waals surface area contributed by atoms with Gasteiger partial charge in [-0.05, 0) is 24.6 Å². The van der Waals surface area contributed by atoms with Crippen LogP contribution in [0.3, 0.4) is 0 Å². The number of anilines is 3. The van der Waals surface area contributed by atoms with Gasteiger partial charge in [0.15, 0.2) is 0 Å². The lowest BCUT2D eigenvalue weighted by Crippen LogP contribution is -2.13. The van der Waals surface area contributed by atoms with Gasteiger partial charge in [-0.25, -0.2) is 9.97 Å². The molecule has 0 saturated heterocycles. The van der Waals surface area contributed by atoms with Crippen molar-refractivity contribution in [3.63, 3.8) is 0 Å². The quantitative estimate of drug-likeness (QED) is 0.196. The third-order valence-electron chi connectivity index (χ3n) is 4.58. The minimum absolute atomic E-state index is 0.00155.